The Morgan fingerprint density at radius 2 is 2.19 bits per heavy atom. The second kappa shape index (κ2) is 5.54. The van der Waals surface area contributed by atoms with Crippen LogP contribution in [0.5, 0.6) is 0 Å². The second-order valence-electron chi connectivity index (χ2n) is 4.40. The van der Waals surface area contributed by atoms with Crippen molar-refractivity contribution in [2.24, 2.45) is 11.7 Å². The predicted octanol–water partition coefficient (Wildman–Crippen LogP) is 0.346. The molecule has 1 heterocycles. The quantitative estimate of drug-likeness (QED) is 0.747. The maximum atomic E-state index is 11.9. The molecule has 0 saturated carbocycles. The van der Waals surface area contributed by atoms with E-state index >= 15 is 0 Å². The van der Waals surface area contributed by atoms with Gasteiger partial charge < -0.3 is 15.7 Å². The number of thioether (sulfide) groups is 1. The van der Waals surface area contributed by atoms with Gasteiger partial charge in [-0.2, -0.15) is 0 Å². The minimum Gasteiger partial charge on any atom is -0.480 e. The number of hydrogen-bond acceptors (Lipinski definition) is 4. The molecule has 0 aromatic carbocycles. The van der Waals surface area contributed by atoms with Crippen LogP contribution in [0, 0.1) is 5.92 Å². The molecule has 1 rings (SSSR count). The minimum atomic E-state index is -0.949. The van der Waals surface area contributed by atoms with Crippen molar-refractivity contribution < 1.29 is 14.7 Å². The summed E-state index contributed by atoms with van der Waals surface area (Å²) < 4.78 is 0. The fraction of sp³-hybridized carbons (Fsp3) is 0.800. The molecule has 0 radical (unpaired) electrons. The molecular formula is C10H18N2O3S. The molecule has 2 atom stereocenters. The van der Waals surface area contributed by atoms with Gasteiger partial charge in [0.1, 0.15) is 6.04 Å². The molecule has 0 unspecified atom stereocenters. The van der Waals surface area contributed by atoms with E-state index in [2.05, 4.69) is 0 Å². The smallest absolute Gasteiger partial charge is 0.327 e. The van der Waals surface area contributed by atoms with Crippen LogP contribution in [0.2, 0.25) is 0 Å². The van der Waals surface area contributed by atoms with Crippen LogP contribution in [-0.4, -0.2) is 45.6 Å². The van der Waals surface area contributed by atoms with E-state index < -0.39 is 18.1 Å². The van der Waals surface area contributed by atoms with Gasteiger partial charge in [0.25, 0.3) is 0 Å². The minimum absolute atomic E-state index is 0.244. The third-order valence-corrected chi connectivity index (χ3v) is 3.51. The average Bonchev–Trinajstić information content (AvgIpc) is 2.63. The molecule has 6 heteroatoms. The third-order valence-electron chi connectivity index (χ3n) is 2.49. The fourth-order valence-corrected chi connectivity index (χ4v) is 2.84. The van der Waals surface area contributed by atoms with Gasteiger partial charge in [-0.1, -0.05) is 13.8 Å². The van der Waals surface area contributed by atoms with E-state index in [1.807, 2.05) is 13.8 Å². The third kappa shape index (κ3) is 3.12. The molecule has 0 spiro atoms. The van der Waals surface area contributed by atoms with E-state index in [1.54, 1.807) is 0 Å². The highest BCUT2D eigenvalue weighted by Crippen LogP contribution is 2.22. The normalized spacial score (nSPS) is 22.5. The number of carbonyl (C=O) groups is 2. The summed E-state index contributed by atoms with van der Waals surface area (Å²) in [5.74, 6) is 0.0236. The highest BCUT2D eigenvalue weighted by atomic mass is 32.2. The van der Waals surface area contributed by atoms with E-state index in [9.17, 15) is 9.59 Å². The van der Waals surface area contributed by atoms with Crippen LogP contribution in [0.1, 0.15) is 20.3 Å². The molecule has 1 aliphatic heterocycles. The van der Waals surface area contributed by atoms with Crippen molar-refractivity contribution in [1.29, 1.82) is 0 Å². The molecular weight excluding hydrogens is 228 g/mol. The number of carboxylic acids is 1. The number of rotatable bonds is 4. The lowest BCUT2D eigenvalue weighted by molar-refractivity contribution is -0.148. The van der Waals surface area contributed by atoms with Crippen LogP contribution in [-0.2, 0) is 9.59 Å². The van der Waals surface area contributed by atoms with E-state index in [4.69, 9.17) is 10.8 Å². The van der Waals surface area contributed by atoms with Gasteiger partial charge in [0, 0.05) is 5.75 Å². The van der Waals surface area contributed by atoms with E-state index in [-0.39, 0.29) is 5.91 Å². The van der Waals surface area contributed by atoms with E-state index in [0.29, 0.717) is 24.0 Å². The molecule has 3 N–H and O–H groups in total. The van der Waals surface area contributed by atoms with Crippen molar-refractivity contribution in [3.8, 4) is 0 Å². The van der Waals surface area contributed by atoms with Crippen LogP contribution in [0.15, 0.2) is 0 Å². The largest absolute Gasteiger partial charge is 0.480 e. The molecule has 1 aliphatic rings. The number of amides is 1. The van der Waals surface area contributed by atoms with Gasteiger partial charge in [-0.15, -0.1) is 11.8 Å². The van der Waals surface area contributed by atoms with E-state index in [1.165, 1.54) is 16.7 Å². The van der Waals surface area contributed by atoms with Crippen molar-refractivity contribution in [1.82, 2.24) is 4.90 Å². The van der Waals surface area contributed by atoms with Gasteiger partial charge in [0.15, 0.2) is 0 Å². The topological polar surface area (TPSA) is 83.6 Å². The first-order valence-electron chi connectivity index (χ1n) is 5.30. The first-order chi connectivity index (χ1) is 7.43. The van der Waals surface area contributed by atoms with Gasteiger partial charge in [0.2, 0.25) is 5.91 Å². The molecule has 92 valence electrons. The summed E-state index contributed by atoms with van der Waals surface area (Å²) in [5.41, 5.74) is 5.77. The zero-order valence-corrected chi connectivity index (χ0v) is 10.4. The highest BCUT2D eigenvalue weighted by molar-refractivity contribution is 7.99. The average molecular weight is 246 g/mol. The summed E-state index contributed by atoms with van der Waals surface area (Å²) in [7, 11) is 0. The standard InChI is InChI=1S/C10H18N2O3S/c1-6(2)3-7(11)9(13)12-5-16-4-8(12)10(14)15/h6-8H,3-5,11H2,1-2H3,(H,14,15)/t7-,8+/m1/s1. The van der Waals surface area contributed by atoms with Crippen molar-refractivity contribution in [2.45, 2.75) is 32.4 Å². The molecule has 1 fully saturated rings. The van der Waals surface area contributed by atoms with Gasteiger partial charge in [0.05, 0.1) is 11.9 Å². The maximum Gasteiger partial charge on any atom is 0.327 e. The first-order valence-corrected chi connectivity index (χ1v) is 6.45. The Balaban J connectivity index is 2.62. The van der Waals surface area contributed by atoms with Crippen molar-refractivity contribution >= 4 is 23.6 Å². The summed E-state index contributed by atoms with van der Waals surface area (Å²) >= 11 is 1.45. The molecule has 0 aliphatic carbocycles. The molecule has 1 amide bonds. The summed E-state index contributed by atoms with van der Waals surface area (Å²) in [6, 6.07) is -1.30. The predicted molar refractivity (Wildman–Crippen MR) is 63.0 cm³/mol. The Hall–Kier alpha value is -0.750. The number of hydrogen-bond donors (Lipinski definition) is 2. The molecule has 5 nitrogen and oxygen atoms in total. The van der Waals surface area contributed by atoms with Crippen LogP contribution < -0.4 is 5.73 Å². The fourth-order valence-electron chi connectivity index (χ4n) is 1.69. The lowest BCUT2D eigenvalue weighted by Gasteiger charge is -2.24. The Bertz CT molecular complexity index is 283. The number of nitrogens with two attached hydrogens (primary N) is 1. The first kappa shape index (κ1) is 13.3. The van der Waals surface area contributed by atoms with E-state index in [0.717, 1.165) is 0 Å². The number of aliphatic carboxylic acids is 1. The zero-order chi connectivity index (χ0) is 12.3. The van der Waals surface area contributed by atoms with Crippen LogP contribution in [0.25, 0.3) is 0 Å². The zero-order valence-electron chi connectivity index (χ0n) is 9.55. The monoisotopic (exact) mass is 246 g/mol. The highest BCUT2D eigenvalue weighted by Gasteiger charge is 2.36. The Morgan fingerprint density at radius 3 is 2.69 bits per heavy atom. The van der Waals surface area contributed by atoms with Gasteiger partial charge >= 0.3 is 5.97 Å². The van der Waals surface area contributed by atoms with Gasteiger partial charge in [-0.3, -0.25) is 4.79 Å². The molecule has 0 aromatic heterocycles. The molecule has 1 saturated heterocycles. The number of nitrogens with zero attached hydrogens (tertiary/aromatic N) is 1. The van der Waals surface area contributed by atoms with Gasteiger partial charge in [-0.25, -0.2) is 4.79 Å². The lowest BCUT2D eigenvalue weighted by Crippen LogP contribution is -2.49. The van der Waals surface area contributed by atoms with Crippen molar-refractivity contribution in [2.75, 3.05) is 11.6 Å². The van der Waals surface area contributed by atoms with Crippen molar-refractivity contribution in [3.05, 3.63) is 0 Å². The Morgan fingerprint density at radius 1 is 1.56 bits per heavy atom. The number of carbonyl (C=O) groups excluding carboxylic acids is 1. The molecule has 0 bridgehead atoms. The second-order valence-corrected chi connectivity index (χ2v) is 5.40. The molecule has 16 heavy (non-hydrogen) atoms. The van der Waals surface area contributed by atoms with Crippen LogP contribution in [0.4, 0.5) is 0 Å². The summed E-state index contributed by atoms with van der Waals surface area (Å²) in [5, 5.41) is 8.95. The lowest BCUT2D eigenvalue weighted by atomic mass is 10.0. The Labute approximate surface area is 99.4 Å². The molecule has 0 aromatic rings. The summed E-state index contributed by atoms with van der Waals surface area (Å²) in [6.07, 6.45) is 0.590. The SMILES string of the molecule is CC(C)C[C@@H](N)C(=O)N1CSC[C@H]1C(=O)O. The maximum absolute atomic E-state index is 11.9. The number of carboxylic acid groups (broad SMARTS) is 1. The Kier molecular flexibility index (Phi) is 4.61. The van der Waals surface area contributed by atoms with Gasteiger partial charge in [-0.05, 0) is 12.3 Å². The summed E-state index contributed by atoms with van der Waals surface area (Å²) in [6.45, 7) is 3.97. The van der Waals surface area contributed by atoms with Crippen molar-refractivity contribution in [3.63, 3.8) is 0 Å². The summed E-state index contributed by atoms with van der Waals surface area (Å²) in [4.78, 5) is 24.2. The van der Waals surface area contributed by atoms with Crippen LogP contribution >= 0.6 is 11.8 Å². The van der Waals surface area contributed by atoms with Crippen LogP contribution in [0.3, 0.4) is 0 Å².